The van der Waals surface area contributed by atoms with Crippen LogP contribution in [0, 0.1) is 13.8 Å². The van der Waals surface area contributed by atoms with Crippen molar-refractivity contribution < 1.29 is 14.3 Å². The quantitative estimate of drug-likeness (QED) is 0.556. The number of Topliss-reactive ketones (excluding diaryl/α,β-unsaturated/α-hetero) is 1. The topological polar surface area (TPSA) is 76.6 Å². The number of thiocarbonyl (C=S) groups is 1. The minimum atomic E-state index is 0.0625. The molecule has 2 aromatic heterocycles. The first kappa shape index (κ1) is 26.0. The minimum absolute atomic E-state index is 0.0625. The molecule has 2 aliphatic rings. The summed E-state index contributed by atoms with van der Waals surface area (Å²) in [7, 11) is 0. The molecule has 4 rings (SSSR count). The van der Waals surface area contributed by atoms with Crippen LogP contribution in [-0.2, 0) is 15.9 Å². The standard InChI is InChI=1S/C12H16N2OS.C8H9NO.C4H9NO/c1-10-2-3-11(9-13-10)8-12(16)14-4-6-15-7-5-14;1-6-3-4-8(5-9-6)7(2)10;1-3-6-4-2-5-1/h2-3,9H,4-8H2,1H3;3-5H,1-2H3;5H,1-4H2. The van der Waals surface area contributed by atoms with Gasteiger partial charge in [0.2, 0.25) is 0 Å². The van der Waals surface area contributed by atoms with Gasteiger partial charge in [-0.1, -0.05) is 18.3 Å². The summed E-state index contributed by atoms with van der Waals surface area (Å²) in [5.41, 5.74) is 3.83. The first-order chi connectivity index (χ1) is 15.5. The highest BCUT2D eigenvalue weighted by atomic mass is 32.1. The van der Waals surface area contributed by atoms with Gasteiger partial charge in [0, 0.05) is 61.9 Å². The largest absolute Gasteiger partial charge is 0.379 e. The fraction of sp³-hybridized carbons (Fsp3) is 0.500. The lowest BCUT2D eigenvalue weighted by Crippen LogP contribution is -2.40. The van der Waals surface area contributed by atoms with E-state index in [4.69, 9.17) is 21.7 Å². The maximum absolute atomic E-state index is 10.7. The molecule has 0 radical (unpaired) electrons. The van der Waals surface area contributed by atoms with Gasteiger partial charge < -0.3 is 19.7 Å². The maximum atomic E-state index is 10.7. The van der Waals surface area contributed by atoms with Gasteiger partial charge in [0.25, 0.3) is 0 Å². The van der Waals surface area contributed by atoms with Crippen LogP contribution in [0.3, 0.4) is 0 Å². The molecular formula is C24H34N4O3S. The average Bonchev–Trinajstić information content (AvgIpc) is 2.83. The van der Waals surface area contributed by atoms with E-state index >= 15 is 0 Å². The predicted octanol–water partition coefficient (Wildman–Crippen LogP) is 2.79. The SMILES string of the molecule is C1COCCN1.CC(=O)c1ccc(C)nc1.Cc1ccc(CC(=S)N2CCOCC2)cn1. The van der Waals surface area contributed by atoms with E-state index in [-0.39, 0.29) is 5.78 Å². The summed E-state index contributed by atoms with van der Waals surface area (Å²) in [4.78, 5) is 22.2. The normalized spacial score (nSPS) is 15.5. The smallest absolute Gasteiger partial charge is 0.161 e. The fourth-order valence-corrected chi connectivity index (χ4v) is 3.24. The number of aromatic nitrogens is 2. The first-order valence-corrected chi connectivity index (χ1v) is 11.4. The van der Waals surface area contributed by atoms with Gasteiger partial charge in [-0.3, -0.25) is 14.8 Å². The molecule has 0 saturated carbocycles. The molecule has 0 aromatic carbocycles. The van der Waals surface area contributed by atoms with Gasteiger partial charge in [0.1, 0.15) is 0 Å². The number of morpholine rings is 2. The van der Waals surface area contributed by atoms with Crippen LogP contribution in [0.5, 0.6) is 0 Å². The van der Waals surface area contributed by atoms with Crippen molar-refractivity contribution in [3.63, 3.8) is 0 Å². The Hall–Kier alpha value is -2.26. The molecule has 2 aliphatic heterocycles. The van der Waals surface area contributed by atoms with Crippen molar-refractivity contribution in [2.45, 2.75) is 27.2 Å². The Morgan fingerprint density at radius 1 is 0.969 bits per heavy atom. The van der Waals surface area contributed by atoms with E-state index in [1.54, 1.807) is 12.3 Å². The molecule has 0 spiro atoms. The molecule has 32 heavy (non-hydrogen) atoms. The zero-order valence-electron chi connectivity index (χ0n) is 19.3. The summed E-state index contributed by atoms with van der Waals surface area (Å²) >= 11 is 5.43. The second kappa shape index (κ2) is 14.7. The van der Waals surface area contributed by atoms with E-state index in [0.717, 1.165) is 75.4 Å². The Balaban J connectivity index is 0.000000192. The summed E-state index contributed by atoms with van der Waals surface area (Å²) < 4.78 is 10.3. The number of ketones is 1. The molecule has 2 saturated heterocycles. The van der Waals surface area contributed by atoms with Crippen LogP contribution < -0.4 is 5.32 Å². The second-order valence-electron chi connectivity index (χ2n) is 7.58. The van der Waals surface area contributed by atoms with Crippen molar-refractivity contribution in [3.05, 3.63) is 59.2 Å². The molecule has 0 unspecified atom stereocenters. The predicted molar refractivity (Wildman–Crippen MR) is 130 cm³/mol. The molecule has 0 bridgehead atoms. The number of rotatable bonds is 3. The van der Waals surface area contributed by atoms with Gasteiger partial charge >= 0.3 is 0 Å². The van der Waals surface area contributed by atoms with Crippen molar-refractivity contribution in [1.82, 2.24) is 20.2 Å². The Bertz CT molecular complexity index is 807. The number of pyridine rings is 2. The lowest BCUT2D eigenvalue weighted by Gasteiger charge is -2.29. The Labute approximate surface area is 196 Å². The Morgan fingerprint density at radius 3 is 2.00 bits per heavy atom. The summed E-state index contributed by atoms with van der Waals surface area (Å²) in [5, 5.41) is 3.16. The van der Waals surface area contributed by atoms with E-state index in [9.17, 15) is 4.79 Å². The molecule has 7 nitrogen and oxygen atoms in total. The number of nitrogens with one attached hydrogen (secondary N) is 1. The number of carbonyl (C=O) groups excluding carboxylic acids is 1. The summed E-state index contributed by atoms with van der Waals surface area (Å²) in [6.07, 6.45) is 4.31. The lowest BCUT2D eigenvalue weighted by atomic mass is 10.2. The van der Waals surface area contributed by atoms with E-state index in [2.05, 4.69) is 26.3 Å². The first-order valence-electron chi connectivity index (χ1n) is 10.9. The van der Waals surface area contributed by atoms with Gasteiger partial charge in [-0.25, -0.2) is 0 Å². The van der Waals surface area contributed by atoms with Gasteiger partial charge in [0.05, 0.1) is 31.4 Å². The molecule has 0 atom stereocenters. The van der Waals surface area contributed by atoms with Gasteiger partial charge in [-0.15, -0.1) is 0 Å². The molecule has 1 N–H and O–H groups in total. The summed E-state index contributed by atoms with van der Waals surface area (Å²) in [6, 6.07) is 7.73. The van der Waals surface area contributed by atoms with Gasteiger partial charge in [0.15, 0.2) is 5.78 Å². The molecular weight excluding hydrogens is 424 g/mol. The monoisotopic (exact) mass is 458 g/mol. The van der Waals surface area contributed by atoms with E-state index < -0.39 is 0 Å². The van der Waals surface area contributed by atoms with Crippen LogP contribution in [0.2, 0.25) is 0 Å². The van der Waals surface area contributed by atoms with Crippen LogP contribution in [0.15, 0.2) is 36.7 Å². The third kappa shape index (κ3) is 10.4. The van der Waals surface area contributed by atoms with E-state index in [1.807, 2.05) is 32.2 Å². The summed E-state index contributed by atoms with van der Waals surface area (Å²) in [6.45, 7) is 12.6. The molecule has 8 heteroatoms. The number of ether oxygens (including phenoxy) is 2. The van der Waals surface area contributed by atoms with Crippen LogP contribution in [0.4, 0.5) is 0 Å². The number of nitrogens with zero attached hydrogens (tertiary/aromatic N) is 3. The number of hydrogen-bond donors (Lipinski definition) is 1. The fourth-order valence-electron chi connectivity index (χ4n) is 2.89. The van der Waals surface area contributed by atoms with Crippen molar-refractivity contribution >= 4 is 23.0 Å². The zero-order chi connectivity index (χ0) is 23.2. The summed E-state index contributed by atoms with van der Waals surface area (Å²) in [5.74, 6) is 0.0625. The van der Waals surface area contributed by atoms with Gasteiger partial charge in [-0.2, -0.15) is 0 Å². The highest BCUT2D eigenvalue weighted by molar-refractivity contribution is 7.80. The van der Waals surface area contributed by atoms with Crippen molar-refractivity contribution in [2.75, 3.05) is 52.6 Å². The van der Waals surface area contributed by atoms with E-state index in [1.165, 1.54) is 12.5 Å². The van der Waals surface area contributed by atoms with Gasteiger partial charge in [-0.05, 0) is 44.5 Å². The molecule has 174 valence electrons. The molecule has 4 heterocycles. The Kier molecular flexibility index (Phi) is 12.0. The van der Waals surface area contributed by atoms with Crippen LogP contribution in [0.25, 0.3) is 0 Å². The van der Waals surface area contributed by atoms with Crippen LogP contribution in [0.1, 0.15) is 34.2 Å². The minimum Gasteiger partial charge on any atom is -0.379 e. The van der Waals surface area contributed by atoms with E-state index in [0.29, 0.717) is 5.56 Å². The van der Waals surface area contributed by atoms with Crippen molar-refractivity contribution in [3.8, 4) is 0 Å². The maximum Gasteiger partial charge on any atom is 0.161 e. The number of aryl methyl sites for hydroxylation is 2. The Morgan fingerprint density at radius 2 is 1.56 bits per heavy atom. The molecule has 0 amide bonds. The highest BCUT2D eigenvalue weighted by Crippen LogP contribution is 2.06. The highest BCUT2D eigenvalue weighted by Gasteiger charge is 2.13. The molecule has 0 aliphatic carbocycles. The molecule has 2 aromatic rings. The molecule has 2 fully saturated rings. The lowest BCUT2D eigenvalue weighted by molar-refractivity contribution is 0.0684. The van der Waals surface area contributed by atoms with Crippen molar-refractivity contribution in [2.24, 2.45) is 0 Å². The third-order valence-corrected chi connectivity index (χ3v) is 5.26. The average molecular weight is 459 g/mol. The van der Waals surface area contributed by atoms with Crippen molar-refractivity contribution in [1.29, 1.82) is 0 Å². The second-order valence-corrected chi connectivity index (χ2v) is 8.06. The van der Waals surface area contributed by atoms with Crippen LogP contribution >= 0.6 is 12.2 Å². The number of carbonyl (C=O) groups is 1. The van der Waals surface area contributed by atoms with Crippen LogP contribution in [-0.4, -0.2) is 78.2 Å². The zero-order valence-corrected chi connectivity index (χ0v) is 20.1. The third-order valence-electron chi connectivity index (χ3n) is 4.86. The number of hydrogen-bond acceptors (Lipinski definition) is 7.